The Kier molecular flexibility index (Phi) is 12.9. The van der Waals surface area contributed by atoms with E-state index in [1.807, 2.05) is 41.5 Å². The summed E-state index contributed by atoms with van der Waals surface area (Å²) in [5.74, 6) is -2.75. The number of alkyl carbamates (subject to hydrolysis) is 1. The van der Waals surface area contributed by atoms with Gasteiger partial charge in [0.1, 0.15) is 12.1 Å². The van der Waals surface area contributed by atoms with Gasteiger partial charge in [-0.05, 0) is 51.9 Å². The molecule has 1 saturated heterocycles. The highest BCUT2D eigenvalue weighted by molar-refractivity contribution is 6.36. The second kappa shape index (κ2) is 15.3. The van der Waals surface area contributed by atoms with Crippen molar-refractivity contribution in [2.24, 2.45) is 11.8 Å². The van der Waals surface area contributed by atoms with Crippen molar-refractivity contribution < 1.29 is 38.2 Å². The average Bonchev–Trinajstić information content (AvgIpc) is 3.31. The Morgan fingerprint density at radius 3 is 2.20 bits per heavy atom. The Balaban J connectivity index is 2.34. The average molecular weight is 568 g/mol. The molecule has 40 heavy (non-hydrogen) atoms. The number of carbonyl (C=O) groups excluding carboxylic acids is 5. The Labute approximate surface area is 238 Å². The number of ketones is 1. The molecule has 4 unspecified atom stereocenters. The zero-order valence-electron chi connectivity index (χ0n) is 25.2. The Morgan fingerprint density at radius 2 is 1.65 bits per heavy atom. The third kappa shape index (κ3) is 10.1. The molecule has 4 atom stereocenters. The summed E-state index contributed by atoms with van der Waals surface area (Å²) in [7, 11) is 1.11. The lowest BCUT2D eigenvalue weighted by atomic mass is 9.83. The van der Waals surface area contributed by atoms with Crippen LogP contribution < -0.4 is 10.6 Å². The van der Waals surface area contributed by atoms with Crippen molar-refractivity contribution >= 4 is 29.7 Å². The van der Waals surface area contributed by atoms with E-state index in [-0.39, 0.29) is 43.7 Å². The van der Waals surface area contributed by atoms with E-state index in [1.54, 1.807) is 0 Å². The van der Waals surface area contributed by atoms with E-state index < -0.39 is 53.6 Å². The maximum Gasteiger partial charge on any atom is 0.407 e. The van der Waals surface area contributed by atoms with Gasteiger partial charge in [0.15, 0.2) is 0 Å². The van der Waals surface area contributed by atoms with E-state index in [2.05, 4.69) is 15.4 Å². The van der Waals surface area contributed by atoms with Crippen LogP contribution in [0.5, 0.6) is 0 Å². The molecule has 1 saturated carbocycles. The molecule has 0 radical (unpaired) electrons. The molecule has 0 aromatic heterocycles. The van der Waals surface area contributed by atoms with E-state index in [1.165, 1.54) is 4.90 Å². The first-order chi connectivity index (χ1) is 18.8. The summed E-state index contributed by atoms with van der Waals surface area (Å²) < 4.78 is 16.1. The van der Waals surface area contributed by atoms with Gasteiger partial charge in [-0.25, -0.2) is 9.59 Å². The maximum atomic E-state index is 14.1. The molecule has 2 aliphatic rings. The lowest BCUT2D eigenvalue weighted by Crippen LogP contribution is -2.57. The minimum absolute atomic E-state index is 0.0899. The standard InChI is InChI=1S/C29H49N3O8/c1-8-12-21(24(33)27(36)38-7)30-25(34)22-15-20(40-29(4,5)6)16-32(22)26(35)23(19-13-10-9-11-14-19)31-28(37)39-17-18(2)3/h18-23H,8-17H2,1-7H3,(H,30,34)(H,31,37). The van der Waals surface area contributed by atoms with Crippen molar-refractivity contribution in [3.8, 4) is 0 Å². The molecule has 1 aliphatic carbocycles. The zero-order valence-corrected chi connectivity index (χ0v) is 25.2. The number of hydrogen-bond donors (Lipinski definition) is 2. The third-order valence-electron chi connectivity index (χ3n) is 7.17. The van der Waals surface area contributed by atoms with Gasteiger partial charge in [0.05, 0.1) is 31.5 Å². The van der Waals surface area contributed by atoms with Gasteiger partial charge in [0.25, 0.3) is 5.78 Å². The maximum absolute atomic E-state index is 14.1. The van der Waals surface area contributed by atoms with Crippen LogP contribution in [0.15, 0.2) is 0 Å². The van der Waals surface area contributed by atoms with Crippen molar-refractivity contribution in [1.82, 2.24) is 15.5 Å². The van der Waals surface area contributed by atoms with Gasteiger partial charge in [-0.3, -0.25) is 14.4 Å². The van der Waals surface area contributed by atoms with Crippen LogP contribution in [0, 0.1) is 11.8 Å². The molecule has 0 spiro atoms. The second-order valence-electron chi connectivity index (χ2n) is 12.3. The van der Waals surface area contributed by atoms with Crippen LogP contribution in [0.1, 0.15) is 92.9 Å². The molecule has 0 bridgehead atoms. The highest BCUT2D eigenvalue weighted by Gasteiger charge is 2.46. The summed E-state index contributed by atoms with van der Waals surface area (Å²) in [5, 5.41) is 5.49. The molecule has 2 N–H and O–H groups in total. The predicted molar refractivity (Wildman–Crippen MR) is 148 cm³/mol. The van der Waals surface area contributed by atoms with Crippen molar-refractivity contribution in [3.63, 3.8) is 0 Å². The number of esters is 1. The summed E-state index contributed by atoms with van der Waals surface area (Å²) in [5.41, 5.74) is -0.516. The largest absolute Gasteiger partial charge is 0.463 e. The van der Waals surface area contributed by atoms with E-state index >= 15 is 0 Å². The predicted octanol–water partition coefficient (Wildman–Crippen LogP) is 3.13. The number of amides is 3. The molecular weight excluding hydrogens is 518 g/mol. The Hall–Kier alpha value is -2.69. The highest BCUT2D eigenvalue weighted by Crippen LogP contribution is 2.31. The summed E-state index contributed by atoms with van der Waals surface area (Å²) in [4.78, 5) is 66.3. The first-order valence-corrected chi connectivity index (χ1v) is 14.6. The highest BCUT2D eigenvalue weighted by atomic mass is 16.5. The summed E-state index contributed by atoms with van der Waals surface area (Å²) >= 11 is 0. The van der Waals surface area contributed by atoms with Crippen LogP contribution in [0.2, 0.25) is 0 Å². The van der Waals surface area contributed by atoms with Crippen LogP contribution in [0.25, 0.3) is 0 Å². The molecule has 2 fully saturated rings. The number of nitrogens with one attached hydrogen (secondary N) is 2. The number of ether oxygens (including phenoxy) is 3. The van der Waals surface area contributed by atoms with Crippen molar-refractivity contribution in [2.45, 2.75) is 123 Å². The van der Waals surface area contributed by atoms with Crippen molar-refractivity contribution in [3.05, 3.63) is 0 Å². The smallest absolute Gasteiger partial charge is 0.407 e. The molecular formula is C29H49N3O8. The van der Waals surface area contributed by atoms with Crippen molar-refractivity contribution in [1.29, 1.82) is 0 Å². The number of rotatable bonds is 12. The zero-order chi connectivity index (χ0) is 30.0. The molecule has 0 aromatic rings. The van der Waals surface area contributed by atoms with Crippen molar-refractivity contribution in [2.75, 3.05) is 20.3 Å². The Morgan fingerprint density at radius 1 is 1.00 bits per heavy atom. The van der Waals surface area contributed by atoms with Gasteiger partial charge in [-0.1, -0.05) is 46.5 Å². The minimum Gasteiger partial charge on any atom is -0.463 e. The molecule has 3 amide bonds. The molecule has 1 aliphatic heterocycles. The summed E-state index contributed by atoms with van der Waals surface area (Å²) in [6.45, 7) is 11.8. The lowest BCUT2D eigenvalue weighted by Gasteiger charge is -2.34. The Bertz CT molecular complexity index is 894. The van der Waals surface area contributed by atoms with E-state index in [0.29, 0.717) is 6.42 Å². The monoisotopic (exact) mass is 567 g/mol. The molecule has 11 nitrogen and oxygen atoms in total. The molecule has 0 aromatic carbocycles. The third-order valence-corrected chi connectivity index (χ3v) is 7.17. The second-order valence-corrected chi connectivity index (χ2v) is 12.3. The lowest BCUT2D eigenvalue weighted by molar-refractivity contribution is -0.153. The first-order valence-electron chi connectivity index (χ1n) is 14.6. The first kappa shape index (κ1) is 33.5. The number of nitrogens with zero attached hydrogens (tertiary/aromatic N) is 1. The van der Waals surface area contributed by atoms with Crippen LogP contribution in [0.3, 0.4) is 0 Å². The number of carbonyl (C=O) groups is 5. The number of likely N-dealkylation sites (tertiary alicyclic amines) is 1. The molecule has 11 heteroatoms. The van der Waals surface area contributed by atoms with Crippen LogP contribution in [0.4, 0.5) is 4.79 Å². The van der Waals surface area contributed by atoms with Crippen LogP contribution in [-0.4, -0.2) is 84.7 Å². The van der Waals surface area contributed by atoms with Crippen LogP contribution in [-0.2, 0) is 33.4 Å². The quantitative estimate of drug-likeness (QED) is 0.271. The summed E-state index contributed by atoms with van der Waals surface area (Å²) in [6, 6.07) is -2.86. The fraction of sp³-hybridized carbons (Fsp3) is 0.828. The van der Waals surface area contributed by atoms with Gasteiger partial charge < -0.3 is 29.7 Å². The van der Waals surface area contributed by atoms with Gasteiger partial charge in [-0.15, -0.1) is 0 Å². The SMILES string of the molecule is CCCC(NC(=O)C1CC(OC(C)(C)C)CN1C(=O)C(NC(=O)OCC(C)C)C1CCCCC1)C(=O)C(=O)OC. The van der Waals surface area contributed by atoms with Gasteiger partial charge >= 0.3 is 12.1 Å². The normalized spacial score (nSPS) is 21.4. The van der Waals surface area contributed by atoms with Crippen LogP contribution >= 0.6 is 0 Å². The molecule has 228 valence electrons. The number of methoxy groups -OCH3 is 1. The number of hydrogen-bond acceptors (Lipinski definition) is 8. The molecule has 1 heterocycles. The summed E-state index contributed by atoms with van der Waals surface area (Å²) in [6.07, 6.45) is 4.44. The van der Waals surface area contributed by atoms with Gasteiger partial charge in [0, 0.05) is 13.0 Å². The fourth-order valence-electron chi connectivity index (χ4n) is 5.38. The molecule has 2 rings (SSSR count). The van der Waals surface area contributed by atoms with E-state index in [9.17, 15) is 24.0 Å². The minimum atomic E-state index is -1.07. The van der Waals surface area contributed by atoms with Gasteiger partial charge in [-0.2, -0.15) is 0 Å². The number of Topliss-reactive ketones (excluding diaryl/α,β-unsaturated/α-hetero) is 1. The van der Waals surface area contributed by atoms with Gasteiger partial charge in [0.2, 0.25) is 11.8 Å². The van der Waals surface area contributed by atoms with E-state index in [4.69, 9.17) is 9.47 Å². The topological polar surface area (TPSA) is 140 Å². The fourth-order valence-corrected chi connectivity index (χ4v) is 5.38. The van der Waals surface area contributed by atoms with E-state index in [0.717, 1.165) is 39.2 Å².